The Bertz CT molecular complexity index is 716. The molecule has 0 radical (unpaired) electrons. The number of rotatable bonds is 4. The molecule has 0 aliphatic carbocycles. The van der Waals surface area contributed by atoms with Crippen LogP contribution in [0.2, 0.25) is 0 Å². The van der Waals surface area contributed by atoms with Gasteiger partial charge in [0.15, 0.2) is 0 Å². The standard InChI is InChI=1S/C18H22N4O3/c1-24-14-6-7-15(16(13-14)25-2)20-18(23)22-11-9-21(10-12-22)17-5-3-4-8-19-17/h3-8,13H,9-12H2,1-2H3,(H,20,23). The summed E-state index contributed by atoms with van der Waals surface area (Å²) in [4.78, 5) is 20.9. The van der Waals surface area contributed by atoms with Crippen LogP contribution in [0.1, 0.15) is 0 Å². The summed E-state index contributed by atoms with van der Waals surface area (Å²) in [5, 5.41) is 2.91. The van der Waals surface area contributed by atoms with E-state index < -0.39 is 0 Å². The highest BCUT2D eigenvalue weighted by Crippen LogP contribution is 2.29. The molecule has 1 saturated heterocycles. The third kappa shape index (κ3) is 3.93. The molecule has 0 saturated carbocycles. The Morgan fingerprint density at radius 1 is 1.08 bits per heavy atom. The number of amides is 2. The van der Waals surface area contributed by atoms with E-state index in [9.17, 15) is 4.79 Å². The summed E-state index contributed by atoms with van der Waals surface area (Å²) in [6, 6.07) is 11.0. The maximum atomic E-state index is 12.5. The lowest BCUT2D eigenvalue weighted by Gasteiger charge is -2.35. The van der Waals surface area contributed by atoms with Crippen LogP contribution in [0, 0.1) is 0 Å². The van der Waals surface area contributed by atoms with Crippen molar-refractivity contribution in [1.29, 1.82) is 0 Å². The van der Waals surface area contributed by atoms with Gasteiger partial charge < -0.3 is 24.6 Å². The summed E-state index contributed by atoms with van der Waals surface area (Å²) in [5.74, 6) is 2.19. The molecule has 0 bridgehead atoms. The van der Waals surface area contributed by atoms with Crippen molar-refractivity contribution in [2.45, 2.75) is 0 Å². The second-order valence-electron chi connectivity index (χ2n) is 5.66. The zero-order valence-corrected chi connectivity index (χ0v) is 14.4. The number of carbonyl (C=O) groups is 1. The maximum absolute atomic E-state index is 12.5. The fourth-order valence-corrected chi connectivity index (χ4v) is 2.78. The number of urea groups is 1. The van der Waals surface area contributed by atoms with Crippen LogP contribution < -0.4 is 19.7 Å². The third-order valence-corrected chi connectivity index (χ3v) is 4.19. The Morgan fingerprint density at radius 3 is 2.52 bits per heavy atom. The number of hydrogen-bond acceptors (Lipinski definition) is 5. The van der Waals surface area contributed by atoms with E-state index in [1.54, 1.807) is 43.5 Å². The highest BCUT2D eigenvalue weighted by atomic mass is 16.5. The summed E-state index contributed by atoms with van der Waals surface area (Å²) >= 11 is 0. The molecule has 2 amide bonds. The average molecular weight is 342 g/mol. The number of piperazine rings is 1. The molecule has 25 heavy (non-hydrogen) atoms. The van der Waals surface area contributed by atoms with Gasteiger partial charge in [0.25, 0.3) is 0 Å². The molecule has 0 atom stereocenters. The van der Waals surface area contributed by atoms with Crippen molar-refractivity contribution in [3.8, 4) is 11.5 Å². The number of ether oxygens (including phenoxy) is 2. The number of nitrogens with zero attached hydrogens (tertiary/aromatic N) is 3. The van der Waals surface area contributed by atoms with Crippen LogP contribution in [0.5, 0.6) is 11.5 Å². The molecule has 7 heteroatoms. The van der Waals surface area contributed by atoms with E-state index >= 15 is 0 Å². The fourth-order valence-electron chi connectivity index (χ4n) is 2.78. The Morgan fingerprint density at radius 2 is 1.88 bits per heavy atom. The SMILES string of the molecule is COc1ccc(NC(=O)N2CCN(c3ccccn3)CC2)c(OC)c1. The van der Waals surface area contributed by atoms with Gasteiger partial charge in [-0.3, -0.25) is 0 Å². The van der Waals surface area contributed by atoms with Crippen LogP contribution in [0.25, 0.3) is 0 Å². The molecule has 1 N–H and O–H groups in total. The molecule has 3 rings (SSSR count). The van der Waals surface area contributed by atoms with Crippen molar-refractivity contribution < 1.29 is 14.3 Å². The Hall–Kier alpha value is -2.96. The van der Waals surface area contributed by atoms with Gasteiger partial charge in [0.1, 0.15) is 17.3 Å². The summed E-state index contributed by atoms with van der Waals surface area (Å²) < 4.78 is 10.5. The Balaban J connectivity index is 1.60. The number of nitrogens with one attached hydrogen (secondary N) is 1. The molecular weight excluding hydrogens is 320 g/mol. The molecule has 1 aliphatic rings. The monoisotopic (exact) mass is 342 g/mol. The molecule has 7 nitrogen and oxygen atoms in total. The lowest BCUT2D eigenvalue weighted by molar-refractivity contribution is 0.208. The largest absolute Gasteiger partial charge is 0.497 e. The summed E-state index contributed by atoms with van der Waals surface area (Å²) in [5.41, 5.74) is 0.625. The van der Waals surface area contributed by atoms with Crippen LogP contribution in [-0.4, -0.2) is 56.3 Å². The second-order valence-corrected chi connectivity index (χ2v) is 5.66. The van der Waals surface area contributed by atoms with Gasteiger partial charge >= 0.3 is 6.03 Å². The molecule has 132 valence electrons. The molecule has 2 aromatic rings. The first-order valence-electron chi connectivity index (χ1n) is 8.15. The molecule has 1 fully saturated rings. The van der Waals surface area contributed by atoms with Crippen LogP contribution in [0.4, 0.5) is 16.3 Å². The molecule has 1 aromatic heterocycles. The van der Waals surface area contributed by atoms with E-state index in [-0.39, 0.29) is 6.03 Å². The minimum atomic E-state index is -0.135. The van der Waals surface area contributed by atoms with Crippen molar-refractivity contribution in [3.63, 3.8) is 0 Å². The van der Waals surface area contributed by atoms with E-state index in [1.807, 2.05) is 18.2 Å². The maximum Gasteiger partial charge on any atom is 0.322 e. The van der Waals surface area contributed by atoms with Gasteiger partial charge in [0, 0.05) is 38.4 Å². The van der Waals surface area contributed by atoms with E-state index in [0.29, 0.717) is 30.3 Å². The minimum Gasteiger partial charge on any atom is -0.497 e. The summed E-state index contributed by atoms with van der Waals surface area (Å²) in [7, 11) is 3.16. The normalized spacial score (nSPS) is 14.2. The van der Waals surface area contributed by atoms with Gasteiger partial charge in [-0.2, -0.15) is 0 Å². The predicted molar refractivity (Wildman–Crippen MR) is 96.6 cm³/mol. The van der Waals surface area contributed by atoms with E-state index in [2.05, 4.69) is 15.2 Å². The molecule has 2 heterocycles. The van der Waals surface area contributed by atoms with Gasteiger partial charge in [-0.15, -0.1) is 0 Å². The van der Waals surface area contributed by atoms with Gasteiger partial charge in [0.05, 0.1) is 19.9 Å². The van der Waals surface area contributed by atoms with Gasteiger partial charge in [0.2, 0.25) is 0 Å². The van der Waals surface area contributed by atoms with Crippen LogP contribution in [-0.2, 0) is 0 Å². The van der Waals surface area contributed by atoms with Crippen LogP contribution in [0.15, 0.2) is 42.6 Å². The zero-order chi connectivity index (χ0) is 17.6. The molecule has 0 spiro atoms. The zero-order valence-electron chi connectivity index (χ0n) is 14.4. The molecular formula is C18H22N4O3. The second kappa shape index (κ2) is 7.74. The van der Waals surface area contributed by atoms with E-state index in [0.717, 1.165) is 18.9 Å². The first-order chi connectivity index (χ1) is 12.2. The molecule has 1 aliphatic heterocycles. The number of aromatic nitrogens is 1. The highest BCUT2D eigenvalue weighted by Gasteiger charge is 2.22. The van der Waals surface area contributed by atoms with Gasteiger partial charge in [-0.25, -0.2) is 9.78 Å². The topological polar surface area (TPSA) is 66.9 Å². The van der Waals surface area contributed by atoms with Crippen LogP contribution >= 0.6 is 0 Å². The van der Waals surface area contributed by atoms with E-state index in [4.69, 9.17) is 9.47 Å². The number of carbonyl (C=O) groups excluding carboxylic acids is 1. The number of benzene rings is 1. The Labute approximate surface area is 147 Å². The van der Waals surface area contributed by atoms with Gasteiger partial charge in [-0.1, -0.05) is 6.07 Å². The lowest BCUT2D eigenvalue weighted by atomic mass is 10.2. The smallest absolute Gasteiger partial charge is 0.322 e. The highest BCUT2D eigenvalue weighted by molar-refractivity contribution is 5.91. The fraction of sp³-hybridized carbons (Fsp3) is 0.333. The van der Waals surface area contributed by atoms with Crippen molar-refractivity contribution in [1.82, 2.24) is 9.88 Å². The summed E-state index contributed by atoms with van der Waals surface area (Å²) in [6.45, 7) is 2.79. The number of hydrogen-bond donors (Lipinski definition) is 1. The van der Waals surface area contributed by atoms with Crippen molar-refractivity contribution >= 4 is 17.5 Å². The number of methoxy groups -OCH3 is 2. The number of anilines is 2. The molecule has 1 aromatic carbocycles. The third-order valence-electron chi connectivity index (χ3n) is 4.19. The van der Waals surface area contributed by atoms with Gasteiger partial charge in [-0.05, 0) is 24.3 Å². The predicted octanol–water partition coefficient (Wildman–Crippen LogP) is 2.45. The van der Waals surface area contributed by atoms with Crippen molar-refractivity contribution in [2.75, 3.05) is 50.6 Å². The average Bonchev–Trinajstić information content (AvgIpc) is 2.69. The van der Waals surface area contributed by atoms with E-state index in [1.165, 1.54) is 0 Å². The Kier molecular flexibility index (Phi) is 5.23. The van der Waals surface area contributed by atoms with Crippen LogP contribution in [0.3, 0.4) is 0 Å². The lowest BCUT2D eigenvalue weighted by Crippen LogP contribution is -2.50. The molecule has 0 unspecified atom stereocenters. The van der Waals surface area contributed by atoms with Crippen molar-refractivity contribution in [2.24, 2.45) is 0 Å². The minimum absolute atomic E-state index is 0.135. The number of pyridine rings is 1. The van der Waals surface area contributed by atoms with Crippen molar-refractivity contribution in [3.05, 3.63) is 42.6 Å². The first kappa shape index (κ1) is 16.9. The first-order valence-corrected chi connectivity index (χ1v) is 8.15. The summed E-state index contributed by atoms with van der Waals surface area (Å²) in [6.07, 6.45) is 1.78. The quantitative estimate of drug-likeness (QED) is 0.924.